The Hall–Kier alpha value is -0.560. The van der Waals surface area contributed by atoms with Crippen LogP contribution in [0, 0.1) is 12.9 Å². The fraction of sp³-hybridized carbons (Fsp3) is 0.500. The Morgan fingerprint density at radius 1 is 0.667 bits per heavy atom. The molecule has 0 aromatic heterocycles. The Morgan fingerprint density at radius 3 is 0.917 bits per heavy atom. The molecular formula is C4F8. The average Bonchev–Trinajstić information content (AvgIpc) is 1.82. The molecule has 0 saturated carbocycles. The maximum absolute atomic E-state index is 11.8. The van der Waals surface area contributed by atoms with Crippen molar-refractivity contribution in [1.29, 1.82) is 0 Å². The third-order valence-corrected chi connectivity index (χ3v) is 0.911. The Labute approximate surface area is 61.2 Å². The van der Waals surface area contributed by atoms with Gasteiger partial charge in [0.05, 0.1) is 0 Å². The van der Waals surface area contributed by atoms with Gasteiger partial charge < -0.3 is 0 Å². The van der Waals surface area contributed by atoms with Crippen molar-refractivity contribution in [3.8, 4) is 0 Å². The Kier molecular flexibility index (Phi) is 2.92. The molecule has 0 aliphatic heterocycles. The lowest BCUT2D eigenvalue weighted by Crippen LogP contribution is -2.46. The molecule has 0 rings (SSSR count). The fourth-order valence-corrected chi connectivity index (χ4v) is 0.286. The van der Waals surface area contributed by atoms with Crippen molar-refractivity contribution >= 4 is 0 Å². The number of rotatable bonds is 2. The van der Waals surface area contributed by atoms with Gasteiger partial charge in [-0.2, -0.15) is 30.7 Å². The summed E-state index contributed by atoms with van der Waals surface area (Å²) in [6.07, 6.45) is -14.4. The summed E-state index contributed by atoms with van der Waals surface area (Å²) in [6, 6.07) is 0. The maximum atomic E-state index is 11.8. The van der Waals surface area contributed by atoms with Gasteiger partial charge in [-0.05, 0) is 0 Å². The zero-order valence-corrected chi connectivity index (χ0v) is 5.02. The van der Waals surface area contributed by atoms with E-state index in [0.29, 0.717) is 0 Å². The van der Waals surface area contributed by atoms with E-state index >= 15 is 0 Å². The first-order valence-electron chi connectivity index (χ1n) is 2.26. The second-order valence-corrected chi connectivity index (χ2v) is 1.68. The van der Waals surface area contributed by atoms with Crippen molar-refractivity contribution in [2.24, 2.45) is 0 Å². The Balaban J connectivity index is 4.89. The van der Waals surface area contributed by atoms with Crippen molar-refractivity contribution in [3.63, 3.8) is 0 Å². The van der Waals surface area contributed by atoms with Gasteiger partial charge in [0.15, 0.2) is 0 Å². The predicted molar refractivity (Wildman–Crippen MR) is 20.8 cm³/mol. The topological polar surface area (TPSA) is 0 Å². The molecule has 12 heavy (non-hydrogen) atoms. The summed E-state index contributed by atoms with van der Waals surface area (Å²) in [5.41, 5.74) is -5.90. The van der Waals surface area contributed by atoms with E-state index in [1.165, 1.54) is 0 Å². The number of alkyl halides is 4. The number of halogens is 8. The van der Waals surface area contributed by atoms with Crippen LogP contribution in [0.2, 0.25) is 0 Å². The highest BCUT2D eigenvalue weighted by Gasteiger charge is 2.71. The monoisotopic (exact) mass is 200 g/mol. The summed E-state index contributed by atoms with van der Waals surface area (Å²) in [5, 5.41) is 0. The minimum atomic E-state index is -6.34. The molecule has 0 nitrogen and oxygen atoms in total. The fourth-order valence-electron chi connectivity index (χ4n) is 0.286. The quantitative estimate of drug-likeness (QED) is 0.600. The van der Waals surface area contributed by atoms with E-state index in [1.54, 1.807) is 0 Å². The van der Waals surface area contributed by atoms with E-state index in [-0.39, 0.29) is 0 Å². The van der Waals surface area contributed by atoms with Crippen LogP contribution in [0.15, 0.2) is 0 Å². The van der Waals surface area contributed by atoms with Gasteiger partial charge in [-0.25, -0.2) is 4.39 Å². The first kappa shape index (κ1) is 11.4. The molecule has 0 unspecified atom stereocenters. The van der Waals surface area contributed by atoms with Gasteiger partial charge in [-0.3, -0.25) is 0 Å². The Bertz CT molecular complexity index is 138. The highest BCUT2D eigenvalue weighted by atomic mass is 19.4. The van der Waals surface area contributed by atoms with Crippen molar-refractivity contribution in [2.45, 2.75) is 11.8 Å². The molecule has 8 heteroatoms. The molecular weight excluding hydrogens is 200 g/mol. The van der Waals surface area contributed by atoms with Gasteiger partial charge in [0.25, 0.3) is 0 Å². The van der Waals surface area contributed by atoms with Crippen LogP contribution in [-0.2, 0) is 0 Å². The van der Waals surface area contributed by atoms with Gasteiger partial charge in [-0.15, -0.1) is 0 Å². The van der Waals surface area contributed by atoms with Crippen LogP contribution in [0.1, 0.15) is 0 Å². The van der Waals surface area contributed by atoms with Crippen molar-refractivity contribution in [3.05, 3.63) is 12.9 Å². The second kappa shape index (κ2) is 3.06. The van der Waals surface area contributed by atoms with Gasteiger partial charge in [0, 0.05) is 0 Å². The summed E-state index contributed by atoms with van der Waals surface area (Å²) in [5.74, 6) is 0. The minimum absolute atomic E-state index is 4.03. The summed E-state index contributed by atoms with van der Waals surface area (Å²) in [7, 11) is 0. The SMILES string of the molecule is F[C](F)C(F)([C](F)F)C(F)(F)F. The lowest BCUT2D eigenvalue weighted by Gasteiger charge is -2.23. The molecule has 0 aromatic carbocycles. The predicted octanol–water partition coefficient (Wildman–Crippen LogP) is 3.11. The van der Waals surface area contributed by atoms with Gasteiger partial charge >= 0.3 is 24.7 Å². The van der Waals surface area contributed by atoms with Crippen LogP contribution < -0.4 is 0 Å². The maximum Gasteiger partial charge on any atom is 0.435 e. The molecule has 0 bridgehead atoms. The van der Waals surface area contributed by atoms with E-state index in [2.05, 4.69) is 0 Å². The van der Waals surface area contributed by atoms with Crippen LogP contribution in [0.4, 0.5) is 35.1 Å². The normalized spacial score (nSPS) is 14.5. The Morgan fingerprint density at radius 2 is 0.917 bits per heavy atom. The zero-order chi connectivity index (χ0) is 10.2. The van der Waals surface area contributed by atoms with E-state index in [4.69, 9.17) is 0 Å². The van der Waals surface area contributed by atoms with Crippen molar-refractivity contribution < 1.29 is 35.1 Å². The number of hydrogen-bond acceptors (Lipinski definition) is 0. The molecule has 72 valence electrons. The molecule has 0 amide bonds. The molecule has 0 aromatic rings. The molecule has 0 N–H and O–H groups in total. The van der Waals surface area contributed by atoms with Crippen molar-refractivity contribution in [1.82, 2.24) is 0 Å². The van der Waals surface area contributed by atoms with Crippen LogP contribution in [0.25, 0.3) is 0 Å². The second-order valence-electron chi connectivity index (χ2n) is 1.68. The van der Waals surface area contributed by atoms with Crippen LogP contribution in [0.3, 0.4) is 0 Å². The van der Waals surface area contributed by atoms with Crippen LogP contribution in [-0.4, -0.2) is 11.8 Å². The van der Waals surface area contributed by atoms with Gasteiger partial charge in [0.2, 0.25) is 0 Å². The standard InChI is InChI=1S/C4F8/c5-1(6)3(9,2(7)8)4(10,11)12. The highest BCUT2D eigenvalue weighted by molar-refractivity contribution is 5.10. The molecule has 2 radical (unpaired) electrons. The van der Waals surface area contributed by atoms with Gasteiger partial charge in [0.1, 0.15) is 0 Å². The number of hydrogen-bond donors (Lipinski definition) is 0. The summed E-state index contributed by atoms with van der Waals surface area (Å²) in [6.45, 7) is 0. The summed E-state index contributed by atoms with van der Waals surface area (Å²) in [4.78, 5) is 0. The molecule has 0 heterocycles. The van der Waals surface area contributed by atoms with E-state index in [9.17, 15) is 35.1 Å². The molecule has 0 fully saturated rings. The van der Waals surface area contributed by atoms with Crippen LogP contribution >= 0.6 is 0 Å². The third-order valence-electron chi connectivity index (χ3n) is 0.911. The smallest absolute Gasteiger partial charge is 0.219 e. The lowest BCUT2D eigenvalue weighted by molar-refractivity contribution is -0.254. The van der Waals surface area contributed by atoms with E-state index in [0.717, 1.165) is 0 Å². The minimum Gasteiger partial charge on any atom is -0.219 e. The first-order valence-corrected chi connectivity index (χ1v) is 2.26. The average molecular weight is 200 g/mol. The zero-order valence-electron chi connectivity index (χ0n) is 5.02. The third kappa shape index (κ3) is 1.61. The van der Waals surface area contributed by atoms with Gasteiger partial charge in [-0.1, -0.05) is 0 Å². The highest BCUT2D eigenvalue weighted by Crippen LogP contribution is 2.49. The summed E-state index contributed by atoms with van der Waals surface area (Å²) < 4.78 is 90.1. The summed E-state index contributed by atoms with van der Waals surface area (Å²) >= 11 is 0. The van der Waals surface area contributed by atoms with Crippen molar-refractivity contribution in [2.75, 3.05) is 0 Å². The van der Waals surface area contributed by atoms with E-state index < -0.39 is 24.7 Å². The lowest BCUT2D eigenvalue weighted by atomic mass is 10.1. The molecule has 0 aliphatic rings. The molecule has 0 atom stereocenters. The molecule has 0 saturated heterocycles. The largest absolute Gasteiger partial charge is 0.435 e. The van der Waals surface area contributed by atoms with E-state index in [1.807, 2.05) is 0 Å². The van der Waals surface area contributed by atoms with Crippen LogP contribution in [0.5, 0.6) is 0 Å². The molecule has 0 spiro atoms. The first-order chi connectivity index (χ1) is 5.14. The molecule has 0 aliphatic carbocycles.